The molecular weight excluding hydrogens is 286 g/mol. The average Bonchev–Trinajstić information content (AvgIpc) is 2.89. The molecule has 1 saturated heterocycles. The van der Waals surface area contributed by atoms with Crippen LogP contribution in [0.3, 0.4) is 0 Å². The molecule has 7 heteroatoms. The van der Waals surface area contributed by atoms with E-state index in [1.54, 1.807) is 29.0 Å². The van der Waals surface area contributed by atoms with E-state index < -0.39 is 17.9 Å². The van der Waals surface area contributed by atoms with Crippen molar-refractivity contribution in [3.05, 3.63) is 18.2 Å². The van der Waals surface area contributed by atoms with Crippen molar-refractivity contribution in [1.82, 2.24) is 14.5 Å². The van der Waals surface area contributed by atoms with Gasteiger partial charge in [-0.05, 0) is 19.8 Å². The molecule has 3 atom stereocenters. The van der Waals surface area contributed by atoms with Crippen molar-refractivity contribution < 1.29 is 19.4 Å². The van der Waals surface area contributed by atoms with Gasteiger partial charge in [-0.3, -0.25) is 9.59 Å². The fourth-order valence-corrected chi connectivity index (χ4v) is 3.09. The second-order valence-corrected chi connectivity index (χ2v) is 5.76. The molecule has 0 bridgehead atoms. The highest BCUT2D eigenvalue weighted by Crippen LogP contribution is 2.37. The molecule has 0 saturated carbocycles. The molecule has 22 heavy (non-hydrogen) atoms. The highest BCUT2D eigenvalue weighted by molar-refractivity contribution is 5.81. The van der Waals surface area contributed by atoms with Crippen molar-refractivity contribution in [2.75, 3.05) is 13.7 Å². The Hall–Kier alpha value is -1.89. The van der Waals surface area contributed by atoms with Gasteiger partial charge in [-0.1, -0.05) is 0 Å². The van der Waals surface area contributed by atoms with Gasteiger partial charge in [-0.2, -0.15) is 0 Å². The molecule has 0 aromatic carbocycles. The second kappa shape index (κ2) is 6.91. The van der Waals surface area contributed by atoms with Crippen molar-refractivity contribution >= 4 is 11.9 Å². The van der Waals surface area contributed by atoms with E-state index in [0.29, 0.717) is 25.3 Å². The minimum atomic E-state index is -0.885. The number of ether oxygens (including phenoxy) is 1. The summed E-state index contributed by atoms with van der Waals surface area (Å²) in [7, 11) is 3.43. The highest BCUT2D eigenvalue weighted by Gasteiger charge is 2.44. The summed E-state index contributed by atoms with van der Waals surface area (Å²) < 4.78 is 6.87. The molecule has 1 aromatic rings. The fourth-order valence-electron chi connectivity index (χ4n) is 3.09. The number of carboxylic acids is 1. The summed E-state index contributed by atoms with van der Waals surface area (Å²) in [6.07, 6.45) is 4.67. The molecule has 1 fully saturated rings. The van der Waals surface area contributed by atoms with Crippen LogP contribution in [0.1, 0.15) is 38.1 Å². The number of rotatable bonds is 6. The number of carbonyl (C=O) groups is 2. The first-order valence-corrected chi connectivity index (χ1v) is 7.47. The van der Waals surface area contributed by atoms with E-state index >= 15 is 0 Å². The van der Waals surface area contributed by atoms with Gasteiger partial charge in [0, 0.05) is 45.6 Å². The van der Waals surface area contributed by atoms with E-state index in [4.69, 9.17) is 4.74 Å². The first-order chi connectivity index (χ1) is 10.5. The van der Waals surface area contributed by atoms with Gasteiger partial charge in [0.1, 0.15) is 11.9 Å². The van der Waals surface area contributed by atoms with E-state index in [0.717, 1.165) is 0 Å². The topological polar surface area (TPSA) is 84.7 Å². The zero-order valence-electron chi connectivity index (χ0n) is 13.2. The van der Waals surface area contributed by atoms with Gasteiger partial charge in [-0.15, -0.1) is 0 Å². The second-order valence-electron chi connectivity index (χ2n) is 5.76. The molecule has 122 valence electrons. The normalized spacial score (nSPS) is 23.6. The molecule has 1 amide bonds. The highest BCUT2D eigenvalue weighted by atomic mass is 16.5. The van der Waals surface area contributed by atoms with Crippen LogP contribution >= 0.6 is 0 Å². The number of aryl methyl sites for hydroxylation is 1. The average molecular weight is 309 g/mol. The number of carboxylic acid groups (broad SMARTS) is 1. The van der Waals surface area contributed by atoms with Crippen LogP contribution in [0.4, 0.5) is 0 Å². The SMILES string of the molecule is COCCC(C)N1C(=O)CC[C@H](C(=O)O)[C@H]1c1nccn1C. The summed E-state index contributed by atoms with van der Waals surface area (Å²) in [6.45, 7) is 2.45. The zero-order chi connectivity index (χ0) is 16.3. The molecule has 1 aromatic heterocycles. The molecule has 2 heterocycles. The van der Waals surface area contributed by atoms with Crippen LogP contribution in [0.5, 0.6) is 0 Å². The molecule has 1 aliphatic heterocycles. The Bertz CT molecular complexity index is 543. The minimum absolute atomic E-state index is 0.0193. The molecule has 2 rings (SSSR count). The maximum Gasteiger partial charge on any atom is 0.309 e. The van der Waals surface area contributed by atoms with Crippen LogP contribution in [0.25, 0.3) is 0 Å². The Morgan fingerprint density at radius 2 is 2.32 bits per heavy atom. The van der Waals surface area contributed by atoms with Gasteiger partial charge in [-0.25, -0.2) is 4.98 Å². The summed E-state index contributed by atoms with van der Waals surface area (Å²) in [4.78, 5) is 30.1. The third kappa shape index (κ3) is 3.14. The van der Waals surface area contributed by atoms with E-state index in [9.17, 15) is 14.7 Å². The zero-order valence-corrected chi connectivity index (χ0v) is 13.2. The lowest BCUT2D eigenvalue weighted by molar-refractivity contribution is -0.154. The van der Waals surface area contributed by atoms with Crippen molar-refractivity contribution in [3.63, 3.8) is 0 Å². The van der Waals surface area contributed by atoms with E-state index in [-0.39, 0.29) is 18.4 Å². The number of hydrogen-bond donors (Lipinski definition) is 1. The molecule has 0 aliphatic carbocycles. The van der Waals surface area contributed by atoms with Gasteiger partial charge in [0.15, 0.2) is 0 Å². The van der Waals surface area contributed by atoms with E-state index in [1.807, 2.05) is 14.0 Å². The molecule has 1 unspecified atom stereocenters. The van der Waals surface area contributed by atoms with E-state index in [1.165, 1.54) is 0 Å². The lowest BCUT2D eigenvalue weighted by Crippen LogP contribution is -2.50. The number of aliphatic carboxylic acids is 1. The van der Waals surface area contributed by atoms with Crippen molar-refractivity contribution in [1.29, 1.82) is 0 Å². The van der Waals surface area contributed by atoms with Crippen LogP contribution < -0.4 is 0 Å². The predicted molar refractivity (Wildman–Crippen MR) is 79.1 cm³/mol. The number of amides is 1. The largest absolute Gasteiger partial charge is 0.481 e. The number of likely N-dealkylation sites (tertiary alicyclic amines) is 1. The third-order valence-corrected chi connectivity index (χ3v) is 4.29. The first kappa shape index (κ1) is 16.5. The molecule has 1 N–H and O–H groups in total. The number of carbonyl (C=O) groups excluding carboxylic acids is 1. The fraction of sp³-hybridized carbons (Fsp3) is 0.667. The number of nitrogens with zero attached hydrogens (tertiary/aromatic N) is 3. The van der Waals surface area contributed by atoms with Crippen LogP contribution in [-0.2, 0) is 21.4 Å². The van der Waals surface area contributed by atoms with Gasteiger partial charge in [0.2, 0.25) is 5.91 Å². The Morgan fingerprint density at radius 3 is 2.86 bits per heavy atom. The predicted octanol–water partition coefficient (Wildman–Crippen LogP) is 1.21. The van der Waals surface area contributed by atoms with Gasteiger partial charge in [0.25, 0.3) is 0 Å². The Morgan fingerprint density at radius 1 is 1.59 bits per heavy atom. The third-order valence-electron chi connectivity index (χ3n) is 4.29. The van der Waals surface area contributed by atoms with Crippen LogP contribution in [0, 0.1) is 5.92 Å². The molecule has 7 nitrogen and oxygen atoms in total. The smallest absolute Gasteiger partial charge is 0.309 e. The van der Waals surface area contributed by atoms with Gasteiger partial charge >= 0.3 is 5.97 Å². The summed E-state index contributed by atoms with van der Waals surface area (Å²) in [6, 6.07) is -0.637. The van der Waals surface area contributed by atoms with Crippen molar-refractivity contribution in [2.24, 2.45) is 13.0 Å². The minimum Gasteiger partial charge on any atom is -0.481 e. The molecule has 1 aliphatic rings. The molecule has 0 radical (unpaired) electrons. The lowest BCUT2D eigenvalue weighted by atomic mass is 9.86. The number of piperidine rings is 1. The van der Waals surface area contributed by atoms with Crippen LogP contribution in [-0.4, -0.2) is 51.2 Å². The van der Waals surface area contributed by atoms with Crippen molar-refractivity contribution in [2.45, 2.75) is 38.3 Å². The number of imidazole rings is 1. The number of aromatic nitrogens is 2. The van der Waals surface area contributed by atoms with Gasteiger partial charge < -0.3 is 19.3 Å². The number of methoxy groups -OCH3 is 1. The van der Waals surface area contributed by atoms with Crippen LogP contribution in [0.15, 0.2) is 12.4 Å². The maximum absolute atomic E-state index is 12.4. The molecule has 0 spiro atoms. The molecular formula is C15H23N3O4. The van der Waals surface area contributed by atoms with Crippen molar-refractivity contribution in [3.8, 4) is 0 Å². The quantitative estimate of drug-likeness (QED) is 0.854. The first-order valence-electron chi connectivity index (χ1n) is 7.47. The Labute approximate surface area is 129 Å². The summed E-state index contributed by atoms with van der Waals surface area (Å²) in [5.74, 6) is -0.924. The standard InChI is InChI=1S/C15H23N3O4/c1-10(6-9-22-3)18-12(19)5-4-11(15(20)21)13(18)14-16-7-8-17(14)2/h7-8,10-11,13H,4-6,9H2,1-3H3,(H,20,21)/t10?,11-,13-/m0/s1. The monoisotopic (exact) mass is 309 g/mol. The Balaban J connectivity index is 2.38. The number of hydrogen-bond acceptors (Lipinski definition) is 4. The summed E-state index contributed by atoms with van der Waals surface area (Å²) in [5, 5.41) is 9.56. The maximum atomic E-state index is 12.4. The van der Waals surface area contributed by atoms with E-state index in [2.05, 4.69) is 4.98 Å². The lowest BCUT2D eigenvalue weighted by Gasteiger charge is -2.42. The van der Waals surface area contributed by atoms with Crippen LogP contribution in [0.2, 0.25) is 0 Å². The van der Waals surface area contributed by atoms with Gasteiger partial charge in [0.05, 0.1) is 5.92 Å². The Kier molecular flexibility index (Phi) is 5.18. The summed E-state index contributed by atoms with van der Waals surface area (Å²) >= 11 is 0. The summed E-state index contributed by atoms with van der Waals surface area (Å²) in [5.41, 5.74) is 0.